The molecule has 0 spiro atoms. The molecule has 1 aliphatic heterocycles. The summed E-state index contributed by atoms with van der Waals surface area (Å²) in [5.41, 5.74) is 0. The van der Waals surface area contributed by atoms with E-state index < -0.39 is 5.97 Å². The second-order valence-corrected chi connectivity index (χ2v) is 3.80. The second-order valence-electron chi connectivity index (χ2n) is 3.80. The van der Waals surface area contributed by atoms with Gasteiger partial charge in [0.15, 0.2) is 5.82 Å². The van der Waals surface area contributed by atoms with Crippen LogP contribution in [0, 0.1) is 0 Å². The molecule has 0 amide bonds. The quantitative estimate of drug-likeness (QED) is 0.779. The molecule has 2 rings (SSSR count). The van der Waals surface area contributed by atoms with Crippen molar-refractivity contribution in [2.75, 3.05) is 13.6 Å². The number of nitrogens with zero attached hydrogens (tertiary/aromatic N) is 3. The summed E-state index contributed by atoms with van der Waals surface area (Å²) >= 11 is 0. The van der Waals surface area contributed by atoms with E-state index in [-0.39, 0.29) is 5.89 Å². The minimum Gasteiger partial charge on any atom is -0.474 e. The molecule has 1 N–H and O–H groups in total. The molecule has 0 radical (unpaired) electrons. The summed E-state index contributed by atoms with van der Waals surface area (Å²) in [6, 6.07) is 0.407. The normalized spacial score (nSPS) is 22.1. The third kappa shape index (κ3) is 2.15. The molecule has 2 heterocycles. The number of aromatic carboxylic acids is 1. The highest BCUT2D eigenvalue weighted by molar-refractivity contribution is 5.81. The average Bonchev–Trinajstić information content (AvgIpc) is 2.77. The Kier molecular flexibility index (Phi) is 2.68. The lowest BCUT2D eigenvalue weighted by Crippen LogP contribution is -2.27. The van der Waals surface area contributed by atoms with E-state index in [1.54, 1.807) is 0 Å². The molecular weight excluding hydrogens is 198 g/mol. The molecule has 0 saturated carbocycles. The van der Waals surface area contributed by atoms with Crippen LogP contribution in [-0.2, 0) is 6.42 Å². The Hall–Kier alpha value is -1.43. The van der Waals surface area contributed by atoms with E-state index in [1.807, 2.05) is 0 Å². The maximum atomic E-state index is 10.5. The Labute approximate surface area is 86.9 Å². The summed E-state index contributed by atoms with van der Waals surface area (Å²) in [4.78, 5) is 16.5. The maximum Gasteiger partial charge on any atom is 0.394 e. The molecule has 82 valence electrons. The summed E-state index contributed by atoms with van der Waals surface area (Å²) in [6.45, 7) is 1.08. The molecule has 6 heteroatoms. The summed E-state index contributed by atoms with van der Waals surface area (Å²) in [7, 11) is 2.05. The highest BCUT2D eigenvalue weighted by Crippen LogP contribution is 2.17. The van der Waals surface area contributed by atoms with Crippen LogP contribution in [0.4, 0.5) is 0 Å². The van der Waals surface area contributed by atoms with Gasteiger partial charge in [0.1, 0.15) is 0 Å². The van der Waals surface area contributed by atoms with Gasteiger partial charge in [0, 0.05) is 12.5 Å². The van der Waals surface area contributed by atoms with Gasteiger partial charge in [-0.25, -0.2) is 4.79 Å². The van der Waals surface area contributed by atoms with E-state index in [0.717, 1.165) is 13.0 Å². The SMILES string of the molecule is CN1CCCC1Cc1noc(C(=O)O)n1. The lowest BCUT2D eigenvalue weighted by Gasteiger charge is -2.16. The Morgan fingerprint density at radius 2 is 2.53 bits per heavy atom. The molecule has 1 fully saturated rings. The van der Waals surface area contributed by atoms with Gasteiger partial charge in [-0.2, -0.15) is 4.98 Å². The van der Waals surface area contributed by atoms with Crippen LogP contribution in [0.25, 0.3) is 0 Å². The number of likely N-dealkylation sites (tertiary alicyclic amines) is 1. The number of aromatic nitrogens is 2. The van der Waals surface area contributed by atoms with E-state index in [4.69, 9.17) is 5.11 Å². The van der Waals surface area contributed by atoms with Crippen molar-refractivity contribution < 1.29 is 14.4 Å². The van der Waals surface area contributed by atoms with Crippen LogP contribution in [-0.4, -0.2) is 45.8 Å². The maximum absolute atomic E-state index is 10.5. The second kappa shape index (κ2) is 3.98. The zero-order chi connectivity index (χ0) is 10.8. The lowest BCUT2D eigenvalue weighted by molar-refractivity contribution is 0.0643. The zero-order valence-corrected chi connectivity index (χ0v) is 8.51. The van der Waals surface area contributed by atoms with Gasteiger partial charge >= 0.3 is 11.9 Å². The lowest BCUT2D eigenvalue weighted by atomic mass is 10.1. The Bertz CT molecular complexity index is 363. The molecule has 15 heavy (non-hydrogen) atoms. The van der Waals surface area contributed by atoms with Gasteiger partial charge in [-0.05, 0) is 26.4 Å². The highest BCUT2D eigenvalue weighted by atomic mass is 16.5. The van der Waals surface area contributed by atoms with E-state index in [1.165, 1.54) is 6.42 Å². The van der Waals surface area contributed by atoms with E-state index in [9.17, 15) is 4.79 Å². The zero-order valence-electron chi connectivity index (χ0n) is 8.51. The van der Waals surface area contributed by atoms with Gasteiger partial charge in [-0.15, -0.1) is 0 Å². The molecule has 1 unspecified atom stereocenters. The first kappa shape index (κ1) is 10.1. The molecule has 6 nitrogen and oxygen atoms in total. The van der Waals surface area contributed by atoms with Gasteiger partial charge in [0.25, 0.3) is 0 Å². The molecule has 1 saturated heterocycles. The first-order chi connectivity index (χ1) is 7.16. The fraction of sp³-hybridized carbons (Fsp3) is 0.667. The van der Waals surface area contributed by atoms with Gasteiger partial charge in [-0.3, -0.25) is 0 Å². The third-order valence-corrected chi connectivity index (χ3v) is 2.74. The third-order valence-electron chi connectivity index (χ3n) is 2.74. The molecular formula is C9H13N3O3. The van der Waals surface area contributed by atoms with Gasteiger partial charge in [-0.1, -0.05) is 5.16 Å². The molecule has 1 atom stereocenters. The topological polar surface area (TPSA) is 79.5 Å². The number of hydrogen-bond acceptors (Lipinski definition) is 5. The number of likely N-dealkylation sites (N-methyl/N-ethyl adjacent to an activating group) is 1. The van der Waals surface area contributed by atoms with Crippen molar-refractivity contribution in [3.63, 3.8) is 0 Å². The Morgan fingerprint density at radius 3 is 3.07 bits per heavy atom. The van der Waals surface area contributed by atoms with Crippen molar-refractivity contribution in [3.8, 4) is 0 Å². The Morgan fingerprint density at radius 1 is 1.73 bits per heavy atom. The smallest absolute Gasteiger partial charge is 0.394 e. The van der Waals surface area contributed by atoms with Crippen LogP contribution in [0.5, 0.6) is 0 Å². The summed E-state index contributed by atoms with van der Waals surface area (Å²) in [5, 5.41) is 12.2. The molecule has 0 aliphatic carbocycles. The minimum atomic E-state index is -1.17. The summed E-state index contributed by atoms with van der Waals surface area (Å²) < 4.78 is 4.59. The van der Waals surface area contributed by atoms with Crippen LogP contribution in [0.3, 0.4) is 0 Å². The Balaban J connectivity index is 2.01. The van der Waals surface area contributed by atoms with Gasteiger partial charge < -0.3 is 14.5 Å². The predicted molar refractivity (Wildman–Crippen MR) is 50.6 cm³/mol. The fourth-order valence-electron chi connectivity index (χ4n) is 1.87. The number of carboxylic acid groups (broad SMARTS) is 1. The van der Waals surface area contributed by atoms with Crippen LogP contribution in [0.1, 0.15) is 29.4 Å². The van der Waals surface area contributed by atoms with Crippen LogP contribution in [0.2, 0.25) is 0 Å². The van der Waals surface area contributed by atoms with Crippen molar-refractivity contribution in [1.29, 1.82) is 0 Å². The van der Waals surface area contributed by atoms with Crippen LogP contribution >= 0.6 is 0 Å². The summed E-state index contributed by atoms with van der Waals surface area (Å²) in [5.74, 6) is -1.02. The van der Waals surface area contributed by atoms with Crippen molar-refractivity contribution >= 4 is 5.97 Å². The fourth-order valence-corrected chi connectivity index (χ4v) is 1.87. The minimum absolute atomic E-state index is 0.328. The molecule has 0 bridgehead atoms. The number of hydrogen-bond donors (Lipinski definition) is 1. The molecule has 1 aliphatic rings. The van der Waals surface area contributed by atoms with E-state index >= 15 is 0 Å². The highest BCUT2D eigenvalue weighted by Gasteiger charge is 2.23. The van der Waals surface area contributed by atoms with Crippen molar-refractivity contribution in [2.45, 2.75) is 25.3 Å². The van der Waals surface area contributed by atoms with Crippen molar-refractivity contribution in [1.82, 2.24) is 15.0 Å². The van der Waals surface area contributed by atoms with Crippen LogP contribution < -0.4 is 0 Å². The predicted octanol–water partition coefficient (Wildman–Crippen LogP) is 0.404. The number of carbonyl (C=O) groups is 1. The number of carboxylic acids is 1. The summed E-state index contributed by atoms with van der Waals surface area (Å²) in [6.07, 6.45) is 2.94. The molecule has 1 aromatic heterocycles. The van der Waals surface area contributed by atoms with Crippen LogP contribution in [0.15, 0.2) is 4.52 Å². The van der Waals surface area contributed by atoms with Crippen molar-refractivity contribution in [2.24, 2.45) is 0 Å². The molecule has 1 aromatic rings. The monoisotopic (exact) mass is 211 g/mol. The number of rotatable bonds is 3. The first-order valence-electron chi connectivity index (χ1n) is 4.93. The average molecular weight is 211 g/mol. The van der Waals surface area contributed by atoms with E-state index in [0.29, 0.717) is 18.3 Å². The largest absolute Gasteiger partial charge is 0.474 e. The van der Waals surface area contributed by atoms with E-state index in [2.05, 4.69) is 26.6 Å². The standard InChI is InChI=1S/C9H13N3O3/c1-12-4-2-3-6(12)5-7-10-8(9(13)14)15-11-7/h6H,2-5H2,1H3,(H,13,14). The first-order valence-corrected chi connectivity index (χ1v) is 4.93. The molecule has 0 aromatic carbocycles. The van der Waals surface area contributed by atoms with Crippen molar-refractivity contribution in [3.05, 3.63) is 11.7 Å². The van der Waals surface area contributed by atoms with Gasteiger partial charge in [0.2, 0.25) is 0 Å². The van der Waals surface area contributed by atoms with Gasteiger partial charge in [0.05, 0.1) is 0 Å².